The second-order valence-corrected chi connectivity index (χ2v) is 9.34. The van der Waals surface area contributed by atoms with Crippen LogP contribution in [0.1, 0.15) is 36.6 Å². The molecule has 0 spiro atoms. The lowest BCUT2D eigenvalue weighted by molar-refractivity contribution is -0.132. The number of ketones is 1. The molecule has 182 valence electrons. The highest BCUT2D eigenvalue weighted by molar-refractivity contribution is 7.22. The normalized spacial score (nSPS) is 17.2. The summed E-state index contributed by atoms with van der Waals surface area (Å²) in [6.45, 7) is 4.40. The van der Waals surface area contributed by atoms with Gasteiger partial charge in [0.1, 0.15) is 17.3 Å². The van der Waals surface area contributed by atoms with Gasteiger partial charge in [0.2, 0.25) is 0 Å². The fraction of sp³-hybridized carbons (Fsp3) is 0.179. The minimum absolute atomic E-state index is 0.0288. The molecule has 6 nitrogen and oxygen atoms in total. The van der Waals surface area contributed by atoms with E-state index >= 15 is 0 Å². The number of aliphatic hydroxyl groups is 1. The topological polar surface area (TPSA) is 79.7 Å². The number of thiazole rings is 1. The molecule has 1 aliphatic rings. The zero-order chi connectivity index (χ0) is 25.4. The number of ether oxygens (including phenoxy) is 1. The van der Waals surface area contributed by atoms with Gasteiger partial charge in [0.05, 0.1) is 28.4 Å². The number of hydrogen-bond acceptors (Lipinski definition) is 6. The summed E-state index contributed by atoms with van der Waals surface area (Å²) in [5, 5.41) is 11.5. The van der Waals surface area contributed by atoms with Crippen molar-refractivity contribution in [3.8, 4) is 5.75 Å². The molecular formula is C28H23FN2O4S. The summed E-state index contributed by atoms with van der Waals surface area (Å²) in [6.07, 6.45) is 0.829. The van der Waals surface area contributed by atoms with E-state index in [4.69, 9.17) is 4.74 Å². The number of aryl methyl sites for hydroxylation is 1. The van der Waals surface area contributed by atoms with Gasteiger partial charge in [-0.05, 0) is 66.9 Å². The van der Waals surface area contributed by atoms with Gasteiger partial charge in [-0.15, -0.1) is 0 Å². The fourth-order valence-electron chi connectivity index (χ4n) is 4.30. The van der Waals surface area contributed by atoms with Crippen LogP contribution in [0, 0.1) is 5.82 Å². The monoisotopic (exact) mass is 502 g/mol. The highest BCUT2D eigenvalue weighted by Gasteiger charge is 2.48. The number of Topliss-reactive ketones (excluding diaryl/α,β-unsaturated/α-hetero) is 1. The number of benzene rings is 3. The Morgan fingerprint density at radius 2 is 1.78 bits per heavy atom. The molecule has 1 atom stereocenters. The van der Waals surface area contributed by atoms with Crippen LogP contribution in [0.15, 0.2) is 72.3 Å². The molecule has 3 aromatic carbocycles. The zero-order valence-electron chi connectivity index (χ0n) is 19.7. The Bertz CT molecular complexity index is 1490. The van der Waals surface area contributed by atoms with E-state index < -0.39 is 23.5 Å². The van der Waals surface area contributed by atoms with Crippen LogP contribution in [0.3, 0.4) is 0 Å². The average Bonchev–Trinajstić information content (AvgIpc) is 3.42. The lowest BCUT2D eigenvalue weighted by Gasteiger charge is -2.23. The molecule has 1 amide bonds. The molecule has 0 bridgehead atoms. The van der Waals surface area contributed by atoms with E-state index in [9.17, 15) is 19.1 Å². The van der Waals surface area contributed by atoms with Crippen molar-refractivity contribution >= 4 is 44.1 Å². The van der Waals surface area contributed by atoms with Gasteiger partial charge in [-0.1, -0.05) is 42.5 Å². The number of fused-ring (bicyclic) bond motifs is 1. The maximum absolute atomic E-state index is 13.8. The summed E-state index contributed by atoms with van der Waals surface area (Å²) in [5.74, 6) is -1.68. The molecule has 2 heterocycles. The van der Waals surface area contributed by atoms with E-state index in [1.807, 2.05) is 38.1 Å². The summed E-state index contributed by atoms with van der Waals surface area (Å²) < 4.78 is 19.8. The van der Waals surface area contributed by atoms with Crippen molar-refractivity contribution in [2.24, 2.45) is 0 Å². The van der Waals surface area contributed by atoms with E-state index in [0.29, 0.717) is 33.7 Å². The van der Waals surface area contributed by atoms with E-state index in [2.05, 4.69) is 4.98 Å². The molecule has 1 aromatic heterocycles. The van der Waals surface area contributed by atoms with Crippen LogP contribution in [0.2, 0.25) is 0 Å². The Morgan fingerprint density at radius 1 is 1.06 bits per heavy atom. The van der Waals surface area contributed by atoms with E-state index in [1.54, 1.807) is 24.3 Å². The first-order valence-corrected chi connectivity index (χ1v) is 12.4. The number of aromatic nitrogens is 1. The first-order chi connectivity index (χ1) is 17.4. The molecule has 5 rings (SSSR count). The SMILES string of the molecule is CCOc1ccc(C(O)=C2C(=O)C(=O)N(c3nc4ccc(F)cc4s3)C2c2ccc(CC)cc2)cc1. The quantitative estimate of drug-likeness (QED) is 0.198. The molecule has 0 radical (unpaired) electrons. The van der Waals surface area contributed by atoms with Crippen LogP contribution in [0.4, 0.5) is 9.52 Å². The zero-order valence-corrected chi connectivity index (χ0v) is 20.5. The van der Waals surface area contributed by atoms with Gasteiger partial charge in [0.25, 0.3) is 5.78 Å². The molecular weight excluding hydrogens is 479 g/mol. The van der Waals surface area contributed by atoms with Gasteiger partial charge in [-0.25, -0.2) is 9.37 Å². The third-order valence-electron chi connectivity index (χ3n) is 6.13. The highest BCUT2D eigenvalue weighted by Crippen LogP contribution is 2.44. The van der Waals surface area contributed by atoms with Gasteiger partial charge in [-0.3, -0.25) is 14.5 Å². The largest absolute Gasteiger partial charge is 0.507 e. The van der Waals surface area contributed by atoms with Crippen LogP contribution in [0.5, 0.6) is 5.75 Å². The number of hydrogen-bond donors (Lipinski definition) is 1. The number of carbonyl (C=O) groups excluding carboxylic acids is 2. The van der Waals surface area contributed by atoms with E-state index in [0.717, 1.165) is 23.3 Å². The summed E-state index contributed by atoms with van der Waals surface area (Å²) >= 11 is 1.12. The Kier molecular flexibility index (Phi) is 6.28. The second kappa shape index (κ2) is 9.54. The average molecular weight is 503 g/mol. The number of aliphatic hydroxyl groups excluding tert-OH is 1. The van der Waals surface area contributed by atoms with Crippen LogP contribution < -0.4 is 9.64 Å². The van der Waals surface area contributed by atoms with Crippen molar-refractivity contribution in [1.29, 1.82) is 0 Å². The Hall–Kier alpha value is -4.04. The summed E-state index contributed by atoms with van der Waals surface area (Å²) in [6, 6.07) is 17.5. The number of carbonyl (C=O) groups is 2. The third kappa shape index (κ3) is 4.13. The van der Waals surface area contributed by atoms with Gasteiger partial charge < -0.3 is 9.84 Å². The van der Waals surface area contributed by atoms with Crippen LogP contribution >= 0.6 is 11.3 Å². The first-order valence-electron chi connectivity index (χ1n) is 11.6. The van der Waals surface area contributed by atoms with Crippen molar-refractivity contribution in [3.05, 3.63) is 94.8 Å². The molecule has 4 aromatic rings. The maximum atomic E-state index is 13.8. The standard InChI is InChI=1S/C28H23FN2O4S/c1-3-16-5-7-17(8-6-16)24-23(25(32)18-9-12-20(13-10-18)35-4-2)26(33)27(34)31(24)28-30-21-14-11-19(29)15-22(21)36-28/h5-15,24,32H,3-4H2,1-2H3. The molecule has 36 heavy (non-hydrogen) atoms. The number of halogens is 1. The Balaban J connectivity index is 1.68. The fourth-order valence-corrected chi connectivity index (χ4v) is 5.32. The van der Waals surface area contributed by atoms with E-state index in [-0.39, 0.29) is 16.5 Å². The van der Waals surface area contributed by atoms with Crippen LogP contribution in [-0.4, -0.2) is 28.4 Å². The molecule has 1 N–H and O–H groups in total. The number of anilines is 1. The Labute approximate surface area is 211 Å². The smallest absolute Gasteiger partial charge is 0.301 e. The lowest BCUT2D eigenvalue weighted by atomic mass is 9.94. The predicted molar refractivity (Wildman–Crippen MR) is 138 cm³/mol. The molecule has 1 unspecified atom stereocenters. The van der Waals surface area contributed by atoms with Crippen molar-refractivity contribution < 1.29 is 23.8 Å². The summed E-state index contributed by atoms with van der Waals surface area (Å²) in [5.41, 5.74) is 2.63. The molecule has 8 heteroatoms. The summed E-state index contributed by atoms with van der Waals surface area (Å²) in [7, 11) is 0. The van der Waals surface area contributed by atoms with Crippen LogP contribution in [0.25, 0.3) is 16.0 Å². The number of amides is 1. The van der Waals surface area contributed by atoms with Crippen molar-refractivity contribution in [2.45, 2.75) is 26.3 Å². The number of rotatable bonds is 6. The van der Waals surface area contributed by atoms with E-state index in [1.165, 1.54) is 23.1 Å². The second-order valence-electron chi connectivity index (χ2n) is 8.33. The Morgan fingerprint density at radius 3 is 2.44 bits per heavy atom. The molecule has 1 fully saturated rings. The predicted octanol–water partition coefficient (Wildman–Crippen LogP) is 6.02. The summed E-state index contributed by atoms with van der Waals surface area (Å²) in [4.78, 5) is 32.5. The first kappa shape index (κ1) is 23.7. The van der Waals surface area contributed by atoms with Gasteiger partial charge in [-0.2, -0.15) is 0 Å². The molecule has 1 aliphatic heterocycles. The molecule has 0 aliphatic carbocycles. The number of nitrogens with zero attached hydrogens (tertiary/aromatic N) is 2. The minimum Gasteiger partial charge on any atom is -0.507 e. The van der Waals surface area contributed by atoms with Crippen molar-refractivity contribution in [1.82, 2.24) is 4.98 Å². The highest BCUT2D eigenvalue weighted by atomic mass is 32.1. The van der Waals surface area contributed by atoms with Gasteiger partial charge in [0, 0.05) is 5.56 Å². The molecule has 0 saturated carbocycles. The van der Waals surface area contributed by atoms with Crippen molar-refractivity contribution in [3.63, 3.8) is 0 Å². The van der Waals surface area contributed by atoms with Crippen LogP contribution in [-0.2, 0) is 16.0 Å². The lowest BCUT2D eigenvalue weighted by Crippen LogP contribution is -2.29. The van der Waals surface area contributed by atoms with Crippen molar-refractivity contribution in [2.75, 3.05) is 11.5 Å². The molecule has 1 saturated heterocycles. The minimum atomic E-state index is -0.895. The van der Waals surface area contributed by atoms with Gasteiger partial charge >= 0.3 is 5.91 Å². The van der Waals surface area contributed by atoms with Gasteiger partial charge in [0.15, 0.2) is 5.13 Å². The maximum Gasteiger partial charge on any atom is 0.301 e. The third-order valence-corrected chi connectivity index (χ3v) is 7.15.